The zero-order chi connectivity index (χ0) is 49.4. The lowest BCUT2D eigenvalue weighted by Crippen LogP contribution is -2.13. The van der Waals surface area contributed by atoms with Crippen LogP contribution in [0.3, 0.4) is 0 Å². The van der Waals surface area contributed by atoms with Crippen LogP contribution >= 0.6 is 0 Å². The molecule has 0 aliphatic carbocycles. The van der Waals surface area contributed by atoms with Crippen LogP contribution in [0.5, 0.6) is 11.5 Å². The number of H-pyrrole nitrogens is 2. The molecule has 6 nitrogen and oxygen atoms in total. The minimum Gasteiger partial charge on any atom is -0.497 e. The van der Waals surface area contributed by atoms with Gasteiger partial charge in [0.1, 0.15) is 11.5 Å². The van der Waals surface area contributed by atoms with Gasteiger partial charge in [0.25, 0.3) is 0 Å². The van der Waals surface area contributed by atoms with Gasteiger partial charge in [0.15, 0.2) is 0 Å². The SMILES string of the molecule is COc1ccc(Cn2c3ccc2-c2cc(C(C)(C)C)cc4c2[nH]c2c(cc(C(C)(C)C)cc24)-c2ccc(n2Cc2ccc(OC)cc2)-c2cc(C(C)(C)C)cc4c2[nH]c2c-3cc(C(C)(C)C)cc24)cc1. The predicted octanol–water partition coefficient (Wildman–Crippen LogP) is 16.8. The number of nitrogens with zero attached hydrogens (tertiary/aromatic N) is 2. The first-order chi connectivity index (χ1) is 33.1. The molecule has 6 heteroatoms. The highest BCUT2D eigenvalue weighted by Gasteiger charge is 2.30. The zero-order valence-electron chi connectivity index (χ0n) is 43.7. The Hall–Kier alpha value is -6.92. The van der Waals surface area contributed by atoms with E-state index in [9.17, 15) is 0 Å². The van der Waals surface area contributed by atoms with E-state index in [1.807, 2.05) is 0 Å². The monoisotopic (exact) mass is 925 g/mol. The van der Waals surface area contributed by atoms with Gasteiger partial charge in [0.2, 0.25) is 0 Å². The van der Waals surface area contributed by atoms with Gasteiger partial charge in [-0.2, -0.15) is 0 Å². The summed E-state index contributed by atoms with van der Waals surface area (Å²) >= 11 is 0. The average Bonchev–Trinajstić information content (AvgIpc) is 4.10. The van der Waals surface area contributed by atoms with Gasteiger partial charge in [-0.15, -0.1) is 0 Å². The largest absolute Gasteiger partial charge is 0.497 e. The number of aromatic nitrogens is 4. The first-order valence-corrected chi connectivity index (χ1v) is 25.0. The van der Waals surface area contributed by atoms with E-state index in [1.54, 1.807) is 14.2 Å². The molecule has 11 rings (SSSR count). The van der Waals surface area contributed by atoms with E-state index < -0.39 is 0 Å². The Bertz CT molecular complexity index is 3260. The molecule has 10 aromatic rings. The molecule has 356 valence electrons. The lowest BCUT2D eigenvalue weighted by atomic mass is 9.83. The lowest BCUT2D eigenvalue weighted by molar-refractivity contribution is 0.414. The molecular formula is C64H68N4O2. The summed E-state index contributed by atoms with van der Waals surface area (Å²) in [5.74, 6) is 1.71. The van der Waals surface area contributed by atoms with Crippen LogP contribution in [-0.2, 0) is 34.7 Å². The number of nitrogens with one attached hydrogen (secondary N) is 2. The minimum absolute atomic E-state index is 0.117. The second-order valence-electron chi connectivity index (χ2n) is 24.1. The molecule has 2 N–H and O–H groups in total. The maximum absolute atomic E-state index is 5.66. The van der Waals surface area contributed by atoms with Crippen molar-refractivity contribution in [2.75, 3.05) is 14.2 Å². The van der Waals surface area contributed by atoms with Crippen molar-refractivity contribution in [3.63, 3.8) is 0 Å². The molecule has 0 unspecified atom stereocenters. The van der Waals surface area contributed by atoms with Crippen LogP contribution in [0.4, 0.5) is 0 Å². The van der Waals surface area contributed by atoms with Gasteiger partial charge in [0.05, 0.1) is 59.1 Å². The number of hydrogen-bond acceptors (Lipinski definition) is 2. The highest BCUT2D eigenvalue weighted by molar-refractivity contribution is 6.18. The number of methoxy groups -OCH3 is 2. The van der Waals surface area contributed by atoms with Crippen LogP contribution < -0.4 is 9.47 Å². The fourth-order valence-corrected chi connectivity index (χ4v) is 10.8. The van der Waals surface area contributed by atoms with Gasteiger partial charge >= 0.3 is 0 Å². The normalized spacial score (nSPS) is 13.1. The van der Waals surface area contributed by atoms with Gasteiger partial charge in [-0.3, -0.25) is 0 Å². The van der Waals surface area contributed by atoms with E-state index in [-0.39, 0.29) is 21.7 Å². The van der Waals surface area contributed by atoms with Crippen LogP contribution in [0, 0.1) is 0 Å². The summed E-state index contributed by atoms with van der Waals surface area (Å²) in [6.45, 7) is 29.4. The Kier molecular flexibility index (Phi) is 10.3. The first-order valence-electron chi connectivity index (χ1n) is 25.0. The topological polar surface area (TPSA) is 59.9 Å². The fraction of sp³-hybridized carbons (Fsp3) is 0.312. The number of aromatic amines is 2. The number of fused-ring (bicyclic) bond motifs is 8. The van der Waals surface area contributed by atoms with Gasteiger partial charge in [-0.1, -0.05) is 107 Å². The van der Waals surface area contributed by atoms with Crippen molar-refractivity contribution in [1.29, 1.82) is 0 Å². The standard InChI is InChI=1S/C64H68N4O2/c1-61(2,3)39-27-45-46-28-40(62(4,5)6)32-50-55-25-26-56(68(55)36-38-17-21-44(70-14)22-18-38)52-34-42(64(10,11)12)30-48-47-29-41(63(7,8)9)33-51(59(47)66-60(48)52)54-24-23-53(49(31-39)57(45)65-58(46)50)67(54)35-37-15-19-43(69-13)20-16-37/h15-34,65-66H,35-36H2,1-14H3. The van der Waals surface area contributed by atoms with Crippen molar-refractivity contribution in [1.82, 2.24) is 19.1 Å². The third kappa shape index (κ3) is 7.53. The molecule has 5 heterocycles. The summed E-state index contributed by atoms with van der Waals surface area (Å²) in [5.41, 5.74) is 21.2. The maximum atomic E-state index is 5.66. The van der Waals surface area contributed by atoms with E-state index in [0.717, 1.165) is 33.6 Å². The molecule has 1 aliphatic rings. The van der Waals surface area contributed by atoms with E-state index in [0.29, 0.717) is 13.1 Å². The number of benzene rings is 6. The Labute approximate surface area is 413 Å². The van der Waals surface area contributed by atoms with Crippen LogP contribution in [0.25, 0.3) is 88.6 Å². The molecule has 1 aliphatic heterocycles. The molecule has 0 fully saturated rings. The van der Waals surface area contributed by atoms with Crippen LogP contribution in [0.2, 0.25) is 0 Å². The summed E-state index contributed by atoms with van der Waals surface area (Å²) in [4.78, 5) is 8.39. The summed E-state index contributed by atoms with van der Waals surface area (Å²) in [7, 11) is 3.47. The van der Waals surface area contributed by atoms with Gasteiger partial charge in [-0.25, -0.2) is 0 Å². The Morgan fingerprint density at radius 3 is 0.800 bits per heavy atom. The predicted molar refractivity (Wildman–Crippen MR) is 295 cm³/mol. The summed E-state index contributed by atoms with van der Waals surface area (Å²) in [5, 5.41) is 4.97. The third-order valence-corrected chi connectivity index (χ3v) is 15.2. The Balaban J connectivity index is 1.36. The second-order valence-corrected chi connectivity index (χ2v) is 24.1. The van der Waals surface area contributed by atoms with E-state index in [1.165, 1.54) is 100.0 Å². The van der Waals surface area contributed by atoms with Crippen molar-refractivity contribution in [2.45, 2.75) is 118 Å². The molecule has 6 aromatic carbocycles. The second kappa shape index (κ2) is 15.8. The quantitative estimate of drug-likeness (QED) is 0.175. The molecule has 4 aromatic heterocycles. The summed E-state index contributed by atoms with van der Waals surface area (Å²) < 4.78 is 16.5. The highest BCUT2D eigenvalue weighted by Crippen LogP contribution is 2.48. The zero-order valence-corrected chi connectivity index (χ0v) is 43.7. The first kappa shape index (κ1) is 45.5. The van der Waals surface area contributed by atoms with Gasteiger partial charge in [0, 0.05) is 56.9 Å². The molecule has 16 bridgehead atoms. The molecule has 0 saturated carbocycles. The van der Waals surface area contributed by atoms with Crippen LogP contribution in [0.15, 0.2) is 121 Å². The smallest absolute Gasteiger partial charge is 0.118 e. The molecule has 0 amide bonds. The highest BCUT2D eigenvalue weighted by atomic mass is 16.5. The lowest BCUT2D eigenvalue weighted by Gasteiger charge is -2.23. The summed E-state index contributed by atoms with van der Waals surface area (Å²) in [6, 6.07) is 46.4. The molecular weight excluding hydrogens is 857 g/mol. The molecule has 70 heavy (non-hydrogen) atoms. The molecule has 0 atom stereocenters. The molecule has 0 spiro atoms. The number of hydrogen-bond donors (Lipinski definition) is 2. The van der Waals surface area contributed by atoms with E-state index in [2.05, 4.69) is 224 Å². The van der Waals surface area contributed by atoms with Crippen molar-refractivity contribution in [3.8, 4) is 56.5 Å². The number of ether oxygens (including phenoxy) is 2. The number of rotatable bonds is 6. The minimum atomic E-state index is -0.117. The summed E-state index contributed by atoms with van der Waals surface area (Å²) in [6.07, 6.45) is 0. The Morgan fingerprint density at radius 2 is 0.586 bits per heavy atom. The van der Waals surface area contributed by atoms with Crippen LogP contribution in [-0.4, -0.2) is 33.3 Å². The molecule has 0 radical (unpaired) electrons. The van der Waals surface area contributed by atoms with Crippen molar-refractivity contribution in [3.05, 3.63) is 155 Å². The average molecular weight is 925 g/mol. The molecule has 0 saturated heterocycles. The van der Waals surface area contributed by atoms with Crippen LogP contribution in [0.1, 0.15) is 116 Å². The van der Waals surface area contributed by atoms with Crippen molar-refractivity contribution < 1.29 is 9.47 Å². The maximum Gasteiger partial charge on any atom is 0.118 e. The van der Waals surface area contributed by atoms with E-state index >= 15 is 0 Å². The van der Waals surface area contributed by atoms with Gasteiger partial charge in [-0.05, 0) is 152 Å². The third-order valence-electron chi connectivity index (χ3n) is 15.2. The Morgan fingerprint density at radius 1 is 0.343 bits per heavy atom. The van der Waals surface area contributed by atoms with Crippen molar-refractivity contribution in [2.24, 2.45) is 0 Å². The van der Waals surface area contributed by atoms with Gasteiger partial charge < -0.3 is 28.6 Å². The van der Waals surface area contributed by atoms with Crippen molar-refractivity contribution >= 4 is 43.6 Å². The van der Waals surface area contributed by atoms with E-state index in [4.69, 9.17) is 9.47 Å². The fourth-order valence-electron chi connectivity index (χ4n) is 10.8.